The van der Waals surface area contributed by atoms with Gasteiger partial charge in [-0.3, -0.25) is 5.32 Å². The molecule has 0 aliphatic heterocycles. The summed E-state index contributed by atoms with van der Waals surface area (Å²) in [6, 6.07) is 2.62. The Labute approximate surface area is 112 Å². The predicted molar refractivity (Wildman–Crippen MR) is 69.0 cm³/mol. The first-order chi connectivity index (χ1) is 7.69. The molecule has 0 unspecified atom stereocenters. The number of carbonyl (C=O) groups is 1. The number of amides is 1. The van der Waals surface area contributed by atoms with E-state index in [1.807, 2.05) is 0 Å². The lowest BCUT2D eigenvalue weighted by Gasteiger charge is -2.19. The Morgan fingerprint density at radius 1 is 1.47 bits per heavy atom. The van der Waals surface area contributed by atoms with E-state index in [-0.39, 0.29) is 10.7 Å². The summed E-state index contributed by atoms with van der Waals surface area (Å²) in [6.07, 6.45) is -0.647. The summed E-state index contributed by atoms with van der Waals surface area (Å²) in [5.41, 5.74) is -0.334. The molecule has 1 N–H and O–H groups in total. The van der Waals surface area contributed by atoms with Gasteiger partial charge in [-0.05, 0) is 48.8 Å². The summed E-state index contributed by atoms with van der Waals surface area (Å²) in [6.45, 7) is 5.22. The molecule has 0 heterocycles. The Bertz CT molecular complexity index is 423. The Morgan fingerprint density at radius 2 is 2.06 bits per heavy atom. The van der Waals surface area contributed by atoms with Gasteiger partial charge in [-0.25, -0.2) is 9.18 Å². The van der Waals surface area contributed by atoms with Gasteiger partial charge < -0.3 is 4.74 Å². The summed E-state index contributed by atoms with van der Waals surface area (Å²) < 4.78 is 18.7. The summed E-state index contributed by atoms with van der Waals surface area (Å²) in [5, 5.41) is 2.39. The number of nitrogens with one attached hydrogen (secondary N) is 1. The number of anilines is 1. The first kappa shape index (κ1) is 14.3. The van der Waals surface area contributed by atoms with Gasteiger partial charge in [-0.1, -0.05) is 11.6 Å². The van der Waals surface area contributed by atoms with Crippen molar-refractivity contribution in [2.24, 2.45) is 0 Å². The van der Waals surface area contributed by atoms with E-state index in [0.29, 0.717) is 4.47 Å². The van der Waals surface area contributed by atoms with Crippen LogP contribution < -0.4 is 5.32 Å². The Kier molecular flexibility index (Phi) is 4.38. The van der Waals surface area contributed by atoms with E-state index in [1.165, 1.54) is 6.07 Å². The largest absolute Gasteiger partial charge is 0.444 e. The van der Waals surface area contributed by atoms with Crippen molar-refractivity contribution >= 4 is 39.3 Å². The maximum absolute atomic E-state index is 13.3. The molecule has 1 rings (SSSR count). The van der Waals surface area contributed by atoms with Crippen LogP contribution in [0.25, 0.3) is 0 Å². The lowest BCUT2D eigenvalue weighted by Crippen LogP contribution is -2.27. The Morgan fingerprint density at radius 3 is 2.53 bits per heavy atom. The zero-order valence-corrected chi connectivity index (χ0v) is 11.9. The van der Waals surface area contributed by atoms with Gasteiger partial charge in [-0.2, -0.15) is 0 Å². The molecule has 0 spiro atoms. The summed E-state index contributed by atoms with van der Waals surface area (Å²) in [5.74, 6) is -0.618. The molecule has 0 aromatic heterocycles. The van der Waals surface area contributed by atoms with Gasteiger partial charge >= 0.3 is 6.09 Å². The first-order valence-corrected chi connectivity index (χ1v) is 6.00. The molecule has 1 aromatic rings. The fraction of sp³-hybridized carbons (Fsp3) is 0.364. The molecular weight excluding hydrogens is 312 g/mol. The van der Waals surface area contributed by atoms with Gasteiger partial charge in [0, 0.05) is 10.2 Å². The molecule has 0 atom stereocenters. The number of hydrogen-bond donors (Lipinski definition) is 1. The van der Waals surface area contributed by atoms with Crippen molar-refractivity contribution in [2.75, 3.05) is 5.32 Å². The average molecular weight is 325 g/mol. The van der Waals surface area contributed by atoms with E-state index in [0.717, 1.165) is 6.07 Å². The van der Waals surface area contributed by atoms with Crippen LogP contribution in [0.5, 0.6) is 0 Å². The molecule has 0 radical (unpaired) electrons. The molecule has 0 fully saturated rings. The van der Waals surface area contributed by atoms with Crippen molar-refractivity contribution in [2.45, 2.75) is 26.4 Å². The average Bonchev–Trinajstić information content (AvgIpc) is 2.10. The van der Waals surface area contributed by atoms with Crippen LogP contribution in [0.15, 0.2) is 16.6 Å². The van der Waals surface area contributed by atoms with E-state index in [2.05, 4.69) is 21.2 Å². The molecule has 1 amide bonds. The molecule has 0 aliphatic rings. The molecule has 0 aliphatic carbocycles. The third-order valence-electron chi connectivity index (χ3n) is 1.63. The highest BCUT2D eigenvalue weighted by atomic mass is 79.9. The van der Waals surface area contributed by atoms with Crippen molar-refractivity contribution in [3.63, 3.8) is 0 Å². The normalized spacial score (nSPS) is 11.2. The fourth-order valence-corrected chi connectivity index (χ4v) is 1.59. The third-order valence-corrected chi connectivity index (χ3v) is 2.87. The van der Waals surface area contributed by atoms with Gasteiger partial charge in [0.1, 0.15) is 11.4 Å². The van der Waals surface area contributed by atoms with Gasteiger partial charge in [0.2, 0.25) is 0 Å². The van der Waals surface area contributed by atoms with Crippen LogP contribution >= 0.6 is 27.5 Å². The second-order valence-corrected chi connectivity index (χ2v) is 5.61. The van der Waals surface area contributed by atoms with Crippen molar-refractivity contribution in [1.29, 1.82) is 0 Å². The molecule has 0 bridgehead atoms. The van der Waals surface area contributed by atoms with Crippen LogP contribution in [-0.2, 0) is 4.74 Å². The molecule has 94 valence electrons. The highest BCUT2D eigenvalue weighted by Crippen LogP contribution is 2.29. The van der Waals surface area contributed by atoms with Crippen molar-refractivity contribution < 1.29 is 13.9 Å². The molecule has 6 heteroatoms. The van der Waals surface area contributed by atoms with Crippen LogP contribution in [0, 0.1) is 5.82 Å². The summed E-state index contributed by atoms with van der Waals surface area (Å²) >= 11 is 8.71. The second-order valence-electron chi connectivity index (χ2n) is 4.38. The number of benzene rings is 1. The minimum atomic E-state index is -0.647. The number of ether oxygens (including phenoxy) is 1. The standard InChI is InChI=1S/C11H12BrClFNO2/c1-11(2,3)17-10(16)15-6-4-7(12)9(13)8(14)5-6/h4-5H,1-3H3,(H,15,16). The van der Waals surface area contributed by atoms with Crippen molar-refractivity contribution in [3.8, 4) is 0 Å². The predicted octanol–water partition coefficient (Wildman–Crippen LogP) is 4.59. The first-order valence-electron chi connectivity index (χ1n) is 4.83. The zero-order chi connectivity index (χ0) is 13.2. The van der Waals surface area contributed by atoms with Crippen molar-refractivity contribution in [1.82, 2.24) is 0 Å². The number of carbonyl (C=O) groups excluding carboxylic acids is 1. The second kappa shape index (κ2) is 5.23. The van der Waals surface area contributed by atoms with E-state index in [9.17, 15) is 9.18 Å². The lowest BCUT2D eigenvalue weighted by atomic mass is 10.2. The minimum absolute atomic E-state index is 0.0280. The van der Waals surface area contributed by atoms with E-state index >= 15 is 0 Å². The molecule has 3 nitrogen and oxygen atoms in total. The maximum atomic E-state index is 13.3. The smallest absolute Gasteiger partial charge is 0.412 e. The van der Waals surface area contributed by atoms with Gasteiger partial charge in [-0.15, -0.1) is 0 Å². The fourth-order valence-electron chi connectivity index (χ4n) is 1.05. The minimum Gasteiger partial charge on any atom is -0.444 e. The van der Waals surface area contributed by atoms with Gasteiger partial charge in [0.15, 0.2) is 0 Å². The monoisotopic (exact) mass is 323 g/mol. The Balaban J connectivity index is 2.79. The molecular formula is C11H12BrClFNO2. The topological polar surface area (TPSA) is 38.3 Å². The molecule has 0 saturated carbocycles. The van der Waals surface area contributed by atoms with Crippen LogP contribution in [0.3, 0.4) is 0 Å². The lowest BCUT2D eigenvalue weighted by molar-refractivity contribution is 0.0636. The Hall–Kier alpha value is -0.810. The molecule has 17 heavy (non-hydrogen) atoms. The maximum Gasteiger partial charge on any atom is 0.412 e. The summed E-state index contributed by atoms with van der Waals surface area (Å²) in [4.78, 5) is 11.4. The zero-order valence-electron chi connectivity index (χ0n) is 9.61. The van der Waals surface area contributed by atoms with Gasteiger partial charge in [0.05, 0.1) is 5.02 Å². The quantitative estimate of drug-likeness (QED) is 0.767. The van der Waals surface area contributed by atoms with Crippen molar-refractivity contribution in [3.05, 3.63) is 27.4 Å². The third kappa shape index (κ3) is 4.52. The number of rotatable bonds is 1. The number of hydrogen-bond acceptors (Lipinski definition) is 2. The molecule has 1 aromatic carbocycles. The van der Waals surface area contributed by atoms with Crippen LogP contribution in [0.4, 0.5) is 14.9 Å². The molecule has 0 saturated heterocycles. The highest BCUT2D eigenvalue weighted by molar-refractivity contribution is 9.10. The highest BCUT2D eigenvalue weighted by Gasteiger charge is 2.17. The van der Waals surface area contributed by atoms with E-state index in [4.69, 9.17) is 16.3 Å². The van der Waals surface area contributed by atoms with Crippen LogP contribution in [0.1, 0.15) is 20.8 Å². The van der Waals surface area contributed by atoms with E-state index < -0.39 is 17.5 Å². The summed E-state index contributed by atoms with van der Waals surface area (Å²) in [7, 11) is 0. The van der Waals surface area contributed by atoms with Gasteiger partial charge in [0.25, 0.3) is 0 Å². The van der Waals surface area contributed by atoms with E-state index in [1.54, 1.807) is 20.8 Å². The van der Waals surface area contributed by atoms with Crippen LogP contribution in [0.2, 0.25) is 5.02 Å². The SMILES string of the molecule is CC(C)(C)OC(=O)Nc1cc(F)c(Cl)c(Br)c1. The number of halogens is 3. The van der Waals surface area contributed by atoms with Crippen LogP contribution in [-0.4, -0.2) is 11.7 Å².